The number of rotatable bonds is 0. The van der Waals surface area contributed by atoms with Crippen LogP contribution in [-0.4, -0.2) is 0 Å². The van der Waals surface area contributed by atoms with Crippen molar-refractivity contribution in [1.82, 2.24) is 0 Å². The van der Waals surface area contributed by atoms with Crippen molar-refractivity contribution in [2.75, 3.05) is 0 Å². The average molecular weight is 613 g/mol. The van der Waals surface area contributed by atoms with E-state index in [0.29, 0.717) is 0 Å². The third kappa shape index (κ3) is 0.473. The minimum atomic E-state index is 1.03. The third-order valence-electron chi connectivity index (χ3n) is 38.7. The van der Waals surface area contributed by atoms with E-state index in [9.17, 15) is 0 Å². The fourth-order valence-corrected chi connectivity index (χ4v) is 47.3. The van der Waals surface area contributed by atoms with E-state index in [-0.39, 0.29) is 0 Å². The molecule has 0 bridgehead atoms. The van der Waals surface area contributed by atoms with Crippen molar-refractivity contribution in [3.63, 3.8) is 0 Å². The molecule has 17 spiro atoms. The molecule has 31 fully saturated rings. The van der Waals surface area contributed by atoms with Gasteiger partial charge >= 0.3 is 0 Å². The van der Waals surface area contributed by atoms with Crippen molar-refractivity contribution in [2.24, 2.45) is 246 Å². The summed E-state index contributed by atoms with van der Waals surface area (Å²) in [6.07, 6.45) is 9.12. The lowest BCUT2D eigenvalue weighted by Crippen LogP contribution is -3.39. The van der Waals surface area contributed by atoms with Gasteiger partial charge in [-0.2, -0.15) is 0 Å². The Morgan fingerprint density at radius 1 is 0.312 bits per heavy atom. The number of hydrogen-bond donors (Lipinski definition) is 0. The summed E-state index contributed by atoms with van der Waals surface area (Å²) in [5.74, 6) is 35.9. The molecule has 0 aromatic rings. The van der Waals surface area contributed by atoms with E-state index in [4.69, 9.17) is 0 Å². The van der Waals surface area contributed by atoms with Crippen LogP contribution >= 0.6 is 0 Å². The van der Waals surface area contributed by atoms with E-state index >= 15 is 0 Å². The zero-order valence-electron chi connectivity index (χ0n) is 27.0. The van der Waals surface area contributed by atoms with E-state index in [1.807, 2.05) is 12.8 Å². The molecule has 31 aliphatic rings. The quantitative estimate of drug-likeness (QED) is 0.355. The molecular formula is C48H36. The maximum absolute atomic E-state index is 1.90. The Morgan fingerprint density at radius 3 is 1.56 bits per heavy atom. The van der Waals surface area contributed by atoms with Gasteiger partial charge in [0.05, 0.1) is 0 Å². The molecule has 0 aromatic carbocycles. The fourth-order valence-electron chi connectivity index (χ4n) is 47.3. The van der Waals surface area contributed by atoms with E-state index in [2.05, 4.69) is 0 Å². The summed E-state index contributed by atoms with van der Waals surface area (Å²) in [6.45, 7) is 0. The van der Waals surface area contributed by atoms with Gasteiger partial charge in [-0.15, -0.1) is 0 Å². The maximum Gasteiger partial charge on any atom is -0.00613 e. The molecule has 31 rings (SSSR count). The average Bonchev–Trinajstić information content (AvgIpc) is 3.61. The van der Waals surface area contributed by atoms with E-state index in [0.717, 1.165) is 92.1 Å². The first-order chi connectivity index (χ1) is 23.8. The van der Waals surface area contributed by atoms with E-state index < -0.39 is 0 Å². The first-order valence-electron chi connectivity index (χ1n) is 23.8. The summed E-state index contributed by atoms with van der Waals surface area (Å²) >= 11 is 0. The summed E-state index contributed by atoms with van der Waals surface area (Å²) in [5, 5.41) is 0. The molecule has 0 aromatic heterocycles. The van der Waals surface area contributed by atoms with Gasteiger partial charge in [-0.3, -0.25) is 0 Å². The van der Waals surface area contributed by atoms with Crippen LogP contribution in [0.25, 0.3) is 0 Å². The Balaban J connectivity index is 0.838. The second kappa shape index (κ2) is 2.91. The smallest absolute Gasteiger partial charge is 0.00613 e. The molecule has 43 atom stereocenters. The SMILES string of the molecule is C1CC23C1C1C4C5C6C7C8C9C%10C%11C%12C%13CC%14C%15CC%16C%17C%18C%19C%20CC2C2C%20%21C%20C%19%22C%19C%18%23C%18C%17%24C%17C%16%25C%15C%14%13C%12%25C%11%17C%10%24C9%18C8%23C7%19C6%22C5%20C4%21C123. The van der Waals surface area contributed by atoms with Crippen LogP contribution in [0.1, 0.15) is 32.1 Å². The van der Waals surface area contributed by atoms with Gasteiger partial charge < -0.3 is 0 Å². The van der Waals surface area contributed by atoms with Crippen molar-refractivity contribution >= 4 is 0 Å². The van der Waals surface area contributed by atoms with Crippen LogP contribution < -0.4 is 0 Å². The summed E-state index contributed by atoms with van der Waals surface area (Å²) in [5.41, 5.74) is 18.4. The Labute approximate surface area is 277 Å². The molecule has 31 saturated carbocycles. The molecular weight excluding hydrogens is 577 g/mol. The molecule has 43 unspecified atom stereocenters. The monoisotopic (exact) mass is 612 g/mol. The van der Waals surface area contributed by atoms with Gasteiger partial charge in [0.2, 0.25) is 0 Å². The Hall–Kier alpha value is 0. The highest BCUT2D eigenvalue weighted by Gasteiger charge is 3.48. The highest BCUT2D eigenvalue weighted by atomic mass is 15.5. The van der Waals surface area contributed by atoms with Crippen molar-refractivity contribution in [2.45, 2.75) is 32.1 Å². The lowest BCUT2D eigenvalue weighted by molar-refractivity contribution is -0.957. The topological polar surface area (TPSA) is 0 Å². The standard InChI is InChI=1S/C48H36/c1-2-32-7(1)15-22-19-24-21-25-20-23-18-16-11-4-8-6-3-9-13-17-14-10-5-12(32)27-35(10)29-37(14)31-38(17)30-36(13)28-34(9)26(6)33(8,11)44(16,34)40(18,28)46(23,36)42(20,30)48(25,38)43(21,31)47(24,37)41(19,29)45(22,35)39(15,27)32/h6-31H,1-5H2. The predicted octanol–water partition coefficient (Wildman–Crippen LogP) is 5.15. The highest BCUT2D eigenvalue weighted by molar-refractivity contribution is 5.93. The van der Waals surface area contributed by atoms with Crippen molar-refractivity contribution < 1.29 is 0 Å². The number of fused-ring (bicyclic) bond motifs is 16. The first-order valence-corrected chi connectivity index (χ1v) is 23.8. The lowest BCUT2D eigenvalue weighted by atomic mass is 8.62. The van der Waals surface area contributed by atoms with Gasteiger partial charge in [-0.25, -0.2) is 0 Å². The summed E-state index contributed by atoms with van der Waals surface area (Å²) in [6, 6.07) is 0. The van der Waals surface area contributed by atoms with Crippen molar-refractivity contribution in [3.05, 3.63) is 0 Å². The second-order valence-corrected chi connectivity index (χ2v) is 30.1. The van der Waals surface area contributed by atoms with Crippen LogP contribution in [0.3, 0.4) is 0 Å². The van der Waals surface area contributed by atoms with Gasteiger partial charge in [0.25, 0.3) is 0 Å². The van der Waals surface area contributed by atoms with Gasteiger partial charge in [-0.1, -0.05) is 0 Å². The van der Waals surface area contributed by atoms with E-state index in [1.165, 1.54) is 154 Å². The normalized spacial score (nSPS) is 129. The lowest BCUT2D eigenvalue weighted by Gasteiger charge is -3.40. The zero-order chi connectivity index (χ0) is 27.0. The maximum atomic E-state index is 1.90. The highest BCUT2D eigenvalue weighted by Crippen LogP contribution is 3.50. The third-order valence-corrected chi connectivity index (χ3v) is 38.7. The molecule has 0 nitrogen and oxygen atoms in total. The Kier molecular flexibility index (Phi) is 1.06. The molecule has 31 aliphatic carbocycles. The van der Waals surface area contributed by atoms with Crippen LogP contribution in [0.2, 0.25) is 0 Å². The molecule has 0 N–H and O–H groups in total. The van der Waals surface area contributed by atoms with Crippen LogP contribution in [0.4, 0.5) is 0 Å². The van der Waals surface area contributed by atoms with Gasteiger partial charge in [-0.05, 0) is 278 Å². The largest absolute Gasteiger partial charge is 0.0490 e. The summed E-state index contributed by atoms with van der Waals surface area (Å²) in [4.78, 5) is 0. The zero-order valence-corrected chi connectivity index (χ0v) is 27.0. The first kappa shape index (κ1) is 17.4. The van der Waals surface area contributed by atoms with Crippen LogP contribution in [0.15, 0.2) is 0 Å². The van der Waals surface area contributed by atoms with Crippen molar-refractivity contribution in [3.8, 4) is 0 Å². The molecule has 0 radical (unpaired) electrons. The molecule has 0 amide bonds. The Bertz CT molecular complexity index is 2790. The van der Waals surface area contributed by atoms with Crippen LogP contribution in [0.5, 0.6) is 0 Å². The summed E-state index contributed by atoms with van der Waals surface area (Å²) in [7, 11) is 0. The van der Waals surface area contributed by atoms with Crippen LogP contribution in [-0.2, 0) is 0 Å². The minimum Gasteiger partial charge on any atom is -0.0490 e. The second-order valence-electron chi connectivity index (χ2n) is 30.1. The molecule has 0 heteroatoms. The number of hydrogen-bond acceptors (Lipinski definition) is 0. The van der Waals surface area contributed by atoms with Crippen molar-refractivity contribution in [1.29, 1.82) is 0 Å². The van der Waals surface area contributed by atoms with Gasteiger partial charge in [0, 0.05) is 0 Å². The molecule has 0 saturated heterocycles. The fraction of sp³-hybridized carbons (Fsp3) is 1.00. The van der Waals surface area contributed by atoms with Gasteiger partial charge in [0.15, 0.2) is 0 Å². The molecule has 48 heavy (non-hydrogen) atoms. The minimum absolute atomic E-state index is 1.03. The van der Waals surface area contributed by atoms with Gasteiger partial charge in [0.1, 0.15) is 0 Å². The predicted molar refractivity (Wildman–Crippen MR) is 155 cm³/mol. The Morgan fingerprint density at radius 2 is 0.854 bits per heavy atom. The summed E-state index contributed by atoms with van der Waals surface area (Å²) < 4.78 is 0. The van der Waals surface area contributed by atoms with Crippen LogP contribution in [0, 0.1) is 246 Å². The molecule has 0 aliphatic heterocycles. The molecule has 0 heterocycles. The molecule has 228 valence electrons. The van der Waals surface area contributed by atoms with E-state index in [1.54, 1.807) is 19.3 Å².